The number of nitrogens with one attached hydrogen (secondary N) is 1. The summed E-state index contributed by atoms with van der Waals surface area (Å²) >= 11 is 0. The summed E-state index contributed by atoms with van der Waals surface area (Å²) in [6.45, 7) is 2.75. The van der Waals surface area contributed by atoms with Gasteiger partial charge in [0.15, 0.2) is 0 Å². The van der Waals surface area contributed by atoms with E-state index in [9.17, 15) is 9.90 Å². The van der Waals surface area contributed by atoms with Gasteiger partial charge in [0.1, 0.15) is 0 Å². The number of hydrogen-bond acceptors (Lipinski definition) is 3. The minimum absolute atomic E-state index is 0.0852. The van der Waals surface area contributed by atoms with Crippen LogP contribution in [0.5, 0.6) is 0 Å². The molecule has 3 rings (SSSR count). The molecule has 0 unspecified atom stereocenters. The van der Waals surface area contributed by atoms with Gasteiger partial charge in [-0.25, -0.2) is 0 Å². The summed E-state index contributed by atoms with van der Waals surface area (Å²) < 4.78 is 0. The Morgan fingerprint density at radius 1 is 1.18 bits per heavy atom. The normalized spacial score (nSPS) is 22.7. The predicted octanol–water partition coefficient (Wildman–Crippen LogP) is 2.06. The van der Waals surface area contributed by atoms with Crippen molar-refractivity contribution in [1.29, 1.82) is 0 Å². The second-order valence-corrected chi connectivity index (χ2v) is 6.67. The van der Waals surface area contributed by atoms with Gasteiger partial charge in [-0.1, -0.05) is 24.3 Å². The standard InChI is InChI=1S/C18H26N2O2/c21-13-16-3-1-2-15(10-16)11-19-17-6-7-18(22)20(9-8-17)12-14-4-5-14/h1-3,10,14,17,19,21H,4-9,11-13H2/t17-/m1/s1. The first kappa shape index (κ1) is 15.5. The van der Waals surface area contributed by atoms with E-state index in [1.807, 2.05) is 18.2 Å². The number of carbonyl (C=O) groups excluding carboxylic acids is 1. The number of carbonyl (C=O) groups is 1. The first-order valence-corrected chi connectivity index (χ1v) is 8.44. The van der Waals surface area contributed by atoms with Crippen LogP contribution in [0.3, 0.4) is 0 Å². The molecular weight excluding hydrogens is 276 g/mol. The highest BCUT2D eigenvalue weighted by Gasteiger charge is 2.28. The minimum Gasteiger partial charge on any atom is -0.392 e. The number of benzene rings is 1. The Hall–Kier alpha value is -1.39. The molecule has 0 spiro atoms. The average molecular weight is 302 g/mol. The smallest absolute Gasteiger partial charge is 0.222 e. The van der Waals surface area contributed by atoms with Gasteiger partial charge in [-0.2, -0.15) is 0 Å². The van der Waals surface area contributed by atoms with E-state index < -0.39 is 0 Å². The van der Waals surface area contributed by atoms with Gasteiger partial charge >= 0.3 is 0 Å². The molecule has 1 aliphatic carbocycles. The maximum absolute atomic E-state index is 12.2. The van der Waals surface area contributed by atoms with Gasteiger partial charge in [0.2, 0.25) is 5.91 Å². The van der Waals surface area contributed by atoms with E-state index >= 15 is 0 Å². The number of amides is 1. The van der Waals surface area contributed by atoms with Gasteiger partial charge in [0.25, 0.3) is 0 Å². The van der Waals surface area contributed by atoms with Crippen LogP contribution in [-0.4, -0.2) is 35.0 Å². The highest BCUT2D eigenvalue weighted by Crippen LogP contribution is 2.30. The van der Waals surface area contributed by atoms with Crippen LogP contribution in [0.1, 0.15) is 43.2 Å². The number of rotatable bonds is 6. The third-order valence-corrected chi connectivity index (χ3v) is 4.75. The summed E-state index contributed by atoms with van der Waals surface area (Å²) in [6, 6.07) is 8.44. The molecule has 0 bridgehead atoms. The molecule has 2 aliphatic rings. The first-order valence-electron chi connectivity index (χ1n) is 8.44. The van der Waals surface area contributed by atoms with Gasteiger partial charge in [-0.05, 0) is 42.7 Å². The third kappa shape index (κ3) is 4.31. The van der Waals surface area contributed by atoms with Crippen molar-refractivity contribution in [3.63, 3.8) is 0 Å². The van der Waals surface area contributed by atoms with Crippen molar-refractivity contribution in [2.75, 3.05) is 13.1 Å². The number of likely N-dealkylation sites (tertiary alicyclic amines) is 1. The third-order valence-electron chi connectivity index (χ3n) is 4.75. The average Bonchev–Trinajstić information content (AvgIpc) is 3.37. The first-order chi connectivity index (χ1) is 10.7. The van der Waals surface area contributed by atoms with E-state index in [0.717, 1.165) is 44.0 Å². The summed E-state index contributed by atoms with van der Waals surface area (Å²) in [6.07, 6.45) is 5.23. The molecule has 1 aliphatic heterocycles. The van der Waals surface area contributed by atoms with Crippen LogP contribution in [0, 0.1) is 5.92 Å². The van der Waals surface area contributed by atoms with Gasteiger partial charge in [-0.15, -0.1) is 0 Å². The molecule has 2 fully saturated rings. The highest BCUT2D eigenvalue weighted by atomic mass is 16.3. The molecule has 2 N–H and O–H groups in total. The molecule has 4 heteroatoms. The summed E-state index contributed by atoms with van der Waals surface area (Å²) in [4.78, 5) is 14.2. The van der Waals surface area contributed by atoms with E-state index in [4.69, 9.17) is 0 Å². The minimum atomic E-state index is 0.0852. The number of aliphatic hydroxyl groups is 1. The fraction of sp³-hybridized carbons (Fsp3) is 0.611. The zero-order valence-corrected chi connectivity index (χ0v) is 13.1. The van der Waals surface area contributed by atoms with E-state index in [1.165, 1.54) is 18.4 Å². The molecule has 1 aromatic carbocycles. The molecule has 1 heterocycles. The number of aliphatic hydroxyl groups excluding tert-OH is 1. The van der Waals surface area contributed by atoms with E-state index in [-0.39, 0.29) is 6.61 Å². The van der Waals surface area contributed by atoms with Crippen LogP contribution in [-0.2, 0) is 17.9 Å². The molecule has 120 valence electrons. The Labute approximate surface area is 132 Å². The number of hydrogen-bond donors (Lipinski definition) is 2. The van der Waals surface area contributed by atoms with Crippen molar-refractivity contribution in [3.8, 4) is 0 Å². The van der Waals surface area contributed by atoms with Crippen LogP contribution in [0.2, 0.25) is 0 Å². The van der Waals surface area contributed by atoms with Crippen molar-refractivity contribution in [2.24, 2.45) is 5.92 Å². The molecule has 0 aromatic heterocycles. The van der Waals surface area contributed by atoms with Crippen LogP contribution >= 0.6 is 0 Å². The predicted molar refractivity (Wildman–Crippen MR) is 86.1 cm³/mol. The highest BCUT2D eigenvalue weighted by molar-refractivity contribution is 5.76. The Morgan fingerprint density at radius 2 is 2.00 bits per heavy atom. The van der Waals surface area contributed by atoms with Crippen molar-refractivity contribution in [3.05, 3.63) is 35.4 Å². The molecule has 1 atom stereocenters. The SMILES string of the molecule is O=C1CC[C@@H](NCc2cccc(CO)c2)CCN1CC1CC1. The largest absolute Gasteiger partial charge is 0.392 e. The fourth-order valence-corrected chi connectivity index (χ4v) is 3.15. The molecule has 1 saturated carbocycles. The summed E-state index contributed by atoms with van der Waals surface area (Å²) in [5.41, 5.74) is 2.14. The lowest BCUT2D eigenvalue weighted by Gasteiger charge is -2.21. The topological polar surface area (TPSA) is 52.6 Å². The maximum Gasteiger partial charge on any atom is 0.222 e. The van der Waals surface area contributed by atoms with Gasteiger partial charge in [0.05, 0.1) is 6.61 Å². The second kappa shape index (κ2) is 7.25. The van der Waals surface area contributed by atoms with Crippen molar-refractivity contribution in [2.45, 2.75) is 51.3 Å². The van der Waals surface area contributed by atoms with Gasteiger partial charge < -0.3 is 15.3 Å². The van der Waals surface area contributed by atoms with Crippen molar-refractivity contribution >= 4 is 5.91 Å². The lowest BCUT2D eigenvalue weighted by atomic mass is 10.1. The fourth-order valence-electron chi connectivity index (χ4n) is 3.15. The maximum atomic E-state index is 12.2. The Bertz CT molecular complexity index is 514. The second-order valence-electron chi connectivity index (χ2n) is 6.67. The molecule has 0 radical (unpaired) electrons. The molecular formula is C18H26N2O2. The molecule has 22 heavy (non-hydrogen) atoms. The van der Waals surface area contributed by atoms with Crippen LogP contribution in [0.4, 0.5) is 0 Å². The van der Waals surface area contributed by atoms with Crippen molar-refractivity contribution in [1.82, 2.24) is 10.2 Å². The lowest BCUT2D eigenvalue weighted by molar-refractivity contribution is -0.130. The molecule has 1 aromatic rings. The van der Waals surface area contributed by atoms with Crippen LogP contribution in [0.25, 0.3) is 0 Å². The summed E-state index contributed by atoms with van der Waals surface area (Å²) in [5, 5.41) is 12.8. The van der Waals surface area contributed by atoms with Crippen LogP contribution < -0.4 is 5.32 Å². The quantitative estimate of drug-likeness (QED) is 0.846. The molecule has 1 amide bonds. The Balaban J connectivity index is 1.49. The lowest BCUT2D eigenvalue weighted by Crippen LogP contribution is -2.33. The van der Waals surface area contributed by atoms with E-state index in [0.29, 0.717) is 18.4 Å². The van der Waals surface area contributed by atoms with E-state index in [1.54, 1.807) is 0 Å². The van der Waals surface area contributed by atoms with Crippen LogP contribution in [0.15, 0.2) is 24.3 Å². The van der Waals surface area contributed by atoms with Gasteiger partial charge in [0, 0.05) is 32.1 Å². The van der Waals surface area contributed by atoms with E-state index in [2.05, 4.69) is 16.3 Å². The van der Waals surface area contributed by atoms with Gasteiger partial charge in [-0.3, -0.25) is 4.79 Å². The van der Waals surface area contributed by atoms with Crippen molar-refractivity contribution < 1.29 is 9.90 Å². The Morgan fingerprint density at radius 3 is 2.77 bits per heavy atom. The number of nitrogens with zero attached hydrogens (tertiary/aromatic N) is 1. The Kier molecular flexibility index (Phi) is 5.11. The summed E-state index contributed by atoms with van der Waals surface area (Å²) in [7, 11) is 0. The molecule has 4 nitrogen and oxygen atoms in total. The monoisotopic (exact) mass is 302 g/mol. The molecule has 1 saturated heterocycles. The zero-order valence-electron chi connectivity index (χ0n) is 13.1. The zero-order chi connectivity index (χ0) is 15.4. The summed E-state index contributed by atoms with van der Waals surface area (Å²) in [5.74, 6) is 1.10.